The van der Waals surface area contributed by atoms with Crippen LogP contribution in [0.4, 0.5) is 0 Å². The third kappa shape index (κ3) is 64.1. The average molecular weight is 1080 g/mol. The van der Waals surface area contributed by atoms with Crippen LogP contribution in [-0.2, 0) is 28.6 Å². The SMILES string of the molecule is CC/C=C\C/C=C\C/C=C\C/C=C\CCCCC(=O)OC(COC(=O)CCCCCCCCCCCCCCCCC)COC(=O)CCCCCCCCCCCCCCCCCCCCCCCCCCCCCCC. The monoisotopic (exact) mass is 1080 g/mol. The van der Waals surface area contributed by atoms with E-state index in [2.05, 4.69) is 69.4 Å². The molecular weight excluding hydrogens is 949 g/mol. The zero-order valence-corrected chi connectivity index (χ0v) is 51.7. The van der Waals surface area contributed by atoms with Crippen molar-refractivity contribution < 1.29 is 28.6 Å². The highest BCUT2D eigenvalue weighted by Crippen LogP contribution is 2.18. The predicted molar refractivity (Wildman–Crippen MR) is 335 cm³/mol. The lowest BCUT2D eigenvalue weighted by Gasteiger charge is -2.18. The molecular formula is C71H130O6. The lowest BCUT2D eigenvalue weighted by molar-refractivity contribution is -0.167. The molecule has 0 saturated carbocycles. The Balaban J connectivity index is 4.19. The minimum absolute atomic E-state index is 0.0850. The number of allylic oxidation sites excluding steroid dienone is 8. The molecule has 0 rings (SSSR count). The van der Waals surface area contributed by atoms with Crippen LogP contribution in [0.5, 0.6) is 0 Å². The summed E-state index contributed by atoms with van der Waals surface area (Å²) in [6.07, 6.45) is 83.0. The minimum Gasteiger partial charge on any atom is -0.462 e. The highest BCUT2D eigenvalue weighted by atomic mass is 16.6. The van der Waals surface area contributed by atoms with Gasteiger partial charge in [-0.25, -0.2) is 0 Å². The Labute approximate surface area is 479 Å². The summed E-state index contributed by atoms with van der Waals surface area (Å²) in [5, 5.41) is 0. The Morgan fingerprint density at radius 2 is 0.506 bits per heavy atom. The van der Waals surface area contributed by atoms with Gasteiger partial charge in [-0.2, -0.15) is 0 Å². The first-order valence-corrected chi connectivity index (χ1v) is 34.1. The number of carbonyl (C=O) groups is 3. The highest BCUT2D eigenvalue weighted by molar-refractivity contribution is 5.71. The fourth-order valence-corrected chi connectivity index (χ4v) is 10.3. The van der Waals surface area contributed by atoms with Crippen LogP contribution >= 0.6 is 0 Å². The zero-order valence-electron chi connectivity index (χ0n) is 51.7. The van der Waals surface area contributed by atoms with Crippen molar-refractivity contribution in [2.45, 2.75) is 374 Å². The first kappa shape index (κ1) is 74.4. The van der Waals surface area contributed by atoms with E-state index in [0.29, 0.717) is 19.3 Å². The van der Waals surface area contributed by atoms with Gasteiger partial charge in [0.1, 0.15) is 13.2 Å². The van der Waals surface area contributed by atoms with Gasteiger partial charge in [-0.1, -0.05) is 339 Å². The Kier molecular flexibility index (Phi) is 63.6. The van der Waals surface area contributed by atoms with Crippen molar-refractivity contribution in [3.05, 3.63) is 48.6 Å². The number of hydrogen-bond donors (Lipinski definition) is 0. The van der Waals surface area contributed by atoms with Crippen molar-refractivity contribution in [1.82, 2.24) is 0 Å². The molecule has 6 nitrogen and oxygen atoms in total. The van der Waals surface area contributed by atoms with E-state index in [4.69, 9.17) is 14.2 Å². The Bertz CT molecular complexity index is 1330. The van der Waals surface area contributed by atoms with Crippen molar-refractivity contribution in [3.8, 4) is 0 Å². The molecule has 0 aromatic rings. The summed E-state index contributed by atoms with van der Waals surface area (Å²) < 4.78 is 16.9. The molecule has 0 N–H and O–H groups in total. The lowest BCUT2D eigenvalue weighted by Crippen LogP contribution is -2.30. The molecule has 1 unspecified atom stereocenters. The first-order valence-electron chi connectivity index (χ1n) is 34.1. The highest BCUT2D eigenvalue weighted by Gasteiger charge is 2.19. The quantitative estimate of drug-likeness (QED) is 0.0261. The minimum atomic E-state index is -0.792. The van der Waals surface area contributed by atoms with Gasteiger partial charge in [-0.05, 0) is 57.8 Å². The number of hydrogen-bond acceptors (Lipinski definition) is 6. The van der Waals surface area contributed by atoms with E-state index in [1.807, 2.05) is 0 Å². The second-order valence-electron chi connectivity index (χ2n) is 23.1. The maximum Gasteiger partial charge on any atom is 0.306 e. The molecule has 0 aliphatic carbocycles. The fraction of sp³-hybridized carbons (Fsp3) is 0.845. The molecule has 0 amide bonds. The third-order valence-electron chi connectivity index (χ3n) is 15.3. The molecule has 6 heteroatoms. The summed E-state index contributed by atoms with van der Waals surface area (Å²) in [4.78, 5) is 38.3. The van der Waals surface area contributed by atoms with E-state index in [9.17, 15) is 14.4 Å². The van der Waals surface area contributed by atoms with Crippen LogP contribution in [0.3, 0.4) is 0 Å². The number of unbranched alkanes of at least 4 members (excludes halogenated alkanes) is 44. The molecule has 77 heavy (non-hydrogen) atoms. The molecule has 0 bridgehead atoms. The molecule has 450 valence electrons. The van der Waals surface area contributed by atoms with Crippen molar-refractivity contribution in [3.63, 3.8) is 0 Å². The van der Waals surface area contributed by atoms with Crippen LogP contribution in [-0.4, -0.2) is 37.2 Å². The molecule has 0 spiro atoms. The Morgan fingerprint density at radius 3 is 0.792 bits per heavy atom. The van der Waals surface area contributed by atoms with Gasteiger partial charge in [0, 0.05) is 19.3 Å². The van der Waals surface area contributed by atoms with E-state index in [0.717, 1.165) is 77.0 Å². The second kappa shape index (κ2) is 65.9. The standard InChI is InChI=1S/C71H130O6/c1-4-7-10-13-16-19-22-25-28-29-30-31-32-33-34-35-36-37-38-39-40-41-44-46-49-52-55-58-61-64-70(73)76-67-68(77-71(74)65-62-59-56-53-50-47-43-27-24-21-18-15-12-9-6-3)66-75-69(72)63-60-57-54-51-48-45-42-26-23-20-17-14-11-8-5-2/h9,12,18,21,27,43,50,53,68H,4-8,10-11,13-17,19-20,22-26,28-42,44-49,51-52,54-67H2,1-3H3/b12-9-,21-18-,43-27-,53-50-. The molecule has 0 aromatic heterocycles. The Hall–Kier alpha value is -2.63. The molecule has 0 aliphatic heterocycles. The molecule has 0 saturated heterocycles. The number of rotatable bonds is 63. The lowest BCUT2D eigenvalue weighted by atomic mass is 10.0. The molecule has 0 aromatic carbocycles. The van der Waals surface area contributed by atoms with Crippen LogP contribution in [0.15, 0.2) is 48.6 Å². The Morgan fingerprint density at radius 1 is 0.273 bits per heavy atom. The summed E-state index contributed by atoms with van der Waals surface area (Å²) in [6.45, 7) is 6.56. The van der Waals surface area contributed by atoms with Crippen LogP contribution in [0.25, 0.3) is 0 Å². The van der Waals surface area contributed by atoms with Crippen LogP contribution in [0, 0.1) is 0 Å². The zero-order chi connectivity index (χ0) is 55.7. The fourth-order valence-electron chi connectivity index (χ4n) is 10.3. The van der Waals surface area contributed by atoms with E-state index in [1.165, 1.54) is 244 Å². The normalized spacial score (nSPS) is 12.3. The molecule has 0 fully saturated rings. The van der Waals surface area contributed by atoms with Gasteiger partial charge < -0.3 is 14.2 Å². The topological polar surface area (TPSA) is 78.9 Å². The van der Waals surface area contributed by atoms with Crippen molar-refractivity contribution >= 4 is 17.9 Å². The van der Waals surface area contributed by atoms with Gasteiger partial charge in [-0.15, -0.1) is 0 Å². The van der Waals surface area contributed by atoms with E-state index in [1.54, 1.807) is 0 Å². The van der Waals surface area contributed by atoms with Crippen LogP contribution in [0.1, 0.15) is 367 Å². The van der Waals surface area contributed by atoms with Gasteiger partial charge in [0.15, 0.2) is 6.10 Å². The number of carbonyl (C=O) groups excluding carboxylic acids is 3. The van der Waals surface area contributed by atoms with Crippen molar-refractivity contribution in [1.29, 1.82) is 0 Å². The van der Waals surface area contributed by atoms with Gasteiger partial charge in [-0.3, -0.25) is 14.4 Å². The van der Waals surface area contributed by atoms with E-state index in [-0.39, 0.29) is 37.5 Å². The molecule has 0 heterocycles. The van der Waals surface area contributed by atoms with E-state index < -0.39 is 6.10 Å². The predicted octanol–water partition coefficient (Wildman–Crippen LogP) is 23.3. The number of ether oxygens (including phenoxy) is 3. The second-order valence-corrected chi connectivity index (χ2v) is 23.1. The van der Waals surface area contributed by atoms with Crippen LogP contribution < -0.4 is 0 Å². The molecule has 0 aliphatic rings. The largest absolute Gasteiger partial charge is 0.462 e. The smallest absolute Gasteiger partial charge is 0.306 e. The summed E-state index contributed by atoms with van der Waals surface area (Å²) in [5.41, 5.74) is 0. The molecule has 0 radical (unpaired) electrons. The summed E-state index contributed by atoms with van der Waals surface area (Å²) >= 11 is 0. The summed E-state index contributed by atoms with van der Waals surface area (Å²) in [5.74, 6) is -0.903. The summed E-state index contributed by atoms with van der Waals surface area (Å²) in [7, 11) is 0. The van der Waals surface area contributed by atoms with E-state index >= 15 is 0 Å². The summed E-state index contributed by atoms with van der Waals surface area (Å²) in [6, 6.07) is 0. The first-order chi connectivity index (χ1) is 38.0. The van der Waals surface area contributed by atoms with Crippen LogP contribution in [0.2, 0.25) is 0 Å². The maximum absolute atomic E-state index is 12.9. The maximum atomic E-state index is 12.9. The van der Waals surface area contributed by atoms with Gasteiger partial charge in [0.2, 0.25) is 0 Å². The van der Waals surface area contributed by atoms with Crippen molar-refractivity contribution in [2.75, 3.05) is 13.2 Å². The molecule has 1 atom stereocenters. The van der Waals surface area contributed by atoms with Crippen molar-refractivity contribution in [2.24, 2.45) is 0 Å². The average Bonchev–Trinajstić information content (AvgIpc) is 3.43. The van der Waals surface area contributed by atoms with Gasteiger partial charge >= 0.3 is 17.9 Å². The van der Waals surface area contributed by atoms with Gasteiger partial charge in [0.05, 0.1) is 0 Å². The number of esters is 3. The van der Waals surface area contributed by atoms with Gasteiger partial charge in [0.25, 0.3) is 0 Å². The third-order valence-corrected chi connectivity index (χ3v) is 15.3.